The van der Waals surface area contributed by atoms with Gasteiger partial charge in [-0.1, -0.05) is 12.1 Å². The largest absolute Gasteiger partial charge is 0.350 e. The van der Waals surface area contributed by atoms with Crippen molar-refractivity contribution in [1.82, 2.24) is 10.6 Å². The van der Waals surface area contributed by atoms with Crippen LogP contribution in [0.2, 0.25) is 0 Å². The molecule has 0 aromatic heterocycles. The van der Waals surface area contributed by atoms with E-state index in [1.54, 1.807) is 0 Å². The fourth-order valence-corrected chi connectivity index (χ4v) is 1.54. The number of amides is 2. The molecule has 0 saturated heterocycles. The molecule has 0 heterocycles. The molecular formula is C13H17N3O4. The number of nitrogens with one attached hydrogen (secondary N) is 2. The number of carbonyl (C=O) groups excluding carboxylic acids is 2. The van der Waals surface area contributed by atoms with Crippen molar-refractivity contribution in [3.63, 3.8) is 0 Å². The molecule has 0 saturated carbocycles. The van der Waals surface area contributed by atoms with Crippen LogP contribution in [-0.2, 0) is 4.79 Å². The summed E-state index contributed by atoms with van der Waals surface area (Å²) < 4.78 is 0. The molecule has 2 N–H and O–H groups in total. The first kappa shape index (κ1) is 15.6. The van der Waals surface area contributed by atoms with Gasteiger partial charge in [0.25, 0.3) is 11.6 Å². The quantitative estimate of drug-likeness (QED) is 0.639. The minimum atomic E-state index is -0.652. The standard InChI is InChI=1S/C13H17N3O4/c1-13(2,3)15-11(17)8-14-12(18)9-6-4-5-7-10(9)16(19)20/h4-7H,8H2,1-3H3,(H,14,18)(H,15,17). The van der Waals surface area contributed by atoms with Crippen molar-refractivity contribution in [1.29, 1.82) is 0 Å². The molecule has 1 aromatic carbocycles. The molecule has 0 radical (unpaired) electrons. The highest BCUT2D eigenvalue weighted by atomic mass is 16.6. The van der Waals surface area contributed by atoms with Crippen molar-refractivity contribution >= 4 is 17.5 Å². The average Bonchev–Trinajstić information content (AvgIpc) is 2.33. The predicted molar refractivity (Wildman–Crippen MR) is 73.3 cm³/mol. The van der Waals surface area contributed by atoms with Crippen molar-refractivity contribution < 1.29 is 14.5 Å². The topological polar surface area (TPSA) is 101 Å². The zero-order chi connectivity index (χ0) is 15.3. The van der Waals surface area contributed by atoms with E-state index in [1.165, 1.54) is 24.3 Å². The predicted octanol–water partition coefficient (Wildman–Crippen LogP) is 1.24. The third-order valence-corrected chi connectivity index (χ3v) is 2.27. The van der Waals surface area contributed by atoms with E-state index >= 15 is 0 Å². The van der Waals surface area contributed by atoms with Gasteiger partial charge in [0.15, 0.2) is 0 Å². The second kappa shape index (κ2) is 6.14. The summed E-state index contributed by atoms with van der Waals surface area (Å²) in [5.74, 6) is -1.01. The van der Waals surface area contributed by atoms with Gasteiger partial charge in [-0.25, -0.2) is 0 Å². The Bertz CT molecular complexity index is 535. The average molecular weight is 279 g/mol. The van der Waals surface area contributed by atoms with E-state index in [0.717, 1.165) is 0 Å². The number of nitro groups is 1. The van der Waals surface area contributed by atoms with Crippen LogP contribution in [0.1, 0.15) is 31.1 Å². The van der Waals surface area contributed by atoms with Crippen LogP contribution < -0.4 is 10.6 Å². The summed E-state index contributed by atoms with van der Waals surface area (Å²) in [5.41, 5.74) is -0.761. The molecule has 0 aliphatic carbocycles. The molecule has 2 amide bonds. The maximum Gasteiger partial charge on any atom is 0.282 e. The summed E-state index contributed by atoms with van der Waals surface area (Å²) in [5, 5.41) is 15.8. The van der Waals surface area contributed by atoms with E-state index in [1.807, 2.05) is 20.8 Å². The van der Waals surface area contributed by atoms with Crippen LogP contribution >= 0.6 is 0 Å². The monoisotopic (exact) mass is 279 g/mol. The Morgan fingerprint density at radius 1 is 1.25 bits per heavy atom. The fourth-order valence-electron chi connectivity index (χ4n) is 1.54. The number of para-hydroxylation sites is 1. The Hall–Kier alpha value is -2.44. The van der Waals surface area contributed by atoms with Gasteiger partial charge >= 0.3 is 0 Å². The molecule has 0 spiro atoms. The second-order valence-corrected chi connectivity index (χ2v) is 5.26. The van der Waals surface area contributed by atoms with E-state index < -0.39 is 16.4 Å². The smallest absolute Gasteiger partial charge is 0.282 e. The summed E-state index contributed by atoms with van der Waals surface area (Å²) in [6.07, 6.45) is 0. The molecule has 0 atom stereocenters. The molecule has 7 heteroatoms. The minimum absolute atomic E-state index is 0.0685. The molecule has 1 aromatic rings. The van der Waals surface area contributed by atoms with E-state index in [9.17, 15) is 19.7 Å². The van der Waals surface area contributed by atoms with E-state index in [0.29, 0.717) is 0 Å². The van der Waals surface area contributed by atoms with Gasteiger partial charge in [0.2, 0.25) is 5.91 Å². The van der Waals surface area contributed by atoms with Crippen molar-refractivity contribution in [2.24, 2.45) is 0 Å². The molecule has 108 valence electrons. The molecule has 0 unspecified atom stereocenters. The van der Waals surface area contributed by atoms with E-state index in [2.05, 4.69) is 10.6 Å². The first-order valence-electron chi connectivity index (χ1n) is 6.03. The van der Waals surface area contributed by atoms with Crippen LogP contribution in [0, 0.1) is 10.1 Å². The number of rotatable bonds is 4. The number of nitro benzene ring substituents is 1. The first-order chi connectivity index (χ1) is 9.20. The third kappa shape index (κ3) is 4.68. The van der Waals surface area contributed by atoms with Gasteiger partial charge in [0.1, 0.15) is 5.56 Å². The Balaban J connectivity index is 2.69. The van der Waals surface area contributed by atoms with Crippen LogP contribution in [0.3, 0.4) is 0 Å². The lowest BCUT2D eigenvalue weighted by atomic mass is 10.1. The van der Waals surface area contributed by atoms with E-state index in [4.69, 9.17) is 0 Å². The molecule has 20 heavy (non-hydrogen) atoms. The fraction of sp³-hybridized carbons (Fsp3) is 0.385. The highest BCUT2D eigenvalue weighted by molar-refractivity contribution is 5.99. The van der Waals surface area contributed by atoms with Crippen molar-refractivity contribution in [2.75, 3.05) is 6.54 Å². The van der Waals surface area contributed by atoms with Crippen LogP contribution in [-0.4, -0.2) is 28.8 Å². The van der Waals surface area contributed by atoms with Gasteiger partial charge < -0.3 is 10.6 Å². The van der Waals surface area contributed by atoms with Gasteiger partial charge in [0, 0.05) is 11.6 Å². The lowest BCUT2D eigenvalue weighted by Gasteiger charge is -2.20. The lowest BCUT2D eigenvalue weighted by Crippen LogP contribution is -2.45. The molecule has 0 aliphatic heterocycles. The first-order valence-corrected chi connectivity index (χ1v) is 6.03. The van der Waals surface area contributed by atoms with Crippen LogP contribution in [0.15, 0.2) is 24.3 Å². The molecule has 0 bridgehead atoms. The maximum atomic E-state index is 11.8. The van der Waals surface area contributed by atoms with Gasteiger partial charge in [-0.15, -0.1) is 0 Å². The lowest BCUT2D eigenvalue weighted by molar-refractivity contribution is -0.385. The summed E-state index contributed by atoms with van der Waals surface area (Å²) in [6, 6.07) is 5.58. The van der Waals surface area contributed by atoms with Gasteiger partial charge in [-0.2, -0.15) is 0 Å². The summed E-state index contributed by atoms with van der Waals surface area (Å²) in [6.45, 7) is 5.21. The number of carbonyl (C=O) groups is 2. The van der Waals surface area contributed by atoms with Crippen LogP contribution in [0.5, 0.6) is 0 Å². The van der Waals surface area contributed by atoms with Crippen molar-refractivity contribution in [3.8, 4) is 0 Å². The Morgan fingerprint density at radius 3 is 2.40 bits per heavy atom. The molecule has 0 aliphatic rings. The normalized spacial score (nSPS) is 10.8. The minimum Gasteiger partial charge on any atom is -0.350 e. The number of hydrogen-bond acceptors (Lipinski definition) is 4. The summed E-state index contributed by atoms with van der Waals surface area (Å²) in [7, 11) is 0. The van der Waals surface area contributed by atoms with Crippen LogP contribution in [0.25, 0.3) is 0 Å². The zero-order valence-electron chi connectivity index (χ0n) is 11.6. The number of benzene rings is 1. The van der Waals surface area contributed by atoms with Crippen LogP contribution in [0.4, 0.5) is 5.69 Å². The Labute approximate surface area is 116 Å². The SMILES string of the molecule is CC(C)(C)NC(=O)CNC(=O)c1ccccc1[N+](=O)[O-]. The Morgan fingerprint density at radius 2 is 1.85 bits per heavy atom. The molecule has 0 fully saturated rings. The van der Waals surface area contributed by atoms with Crippen molar-refractivity contribution in [3.05, 3.63) is 39.9 Å². The molecular weight excluding hydrogens is 262 g/mol. The summed E-state index contributed by atoms with van der Waals surface area (Å²) >= 11 is 0. The maximum absolute atomic E-state index is 11.8. The van der Waals surface area contributed by atoms with E-state index in [-0.39, 0.29) is 23.7 Å². The number of nitrogens with zero attached hydrogens (tertiary/aromatic N) is 1. The highest BCUT2D eigenvalue weighted by Gasteiger charge is 2.20. The highest BCUT2D eigenvalue weighted by Crippen LogP contribution is 2.17. The molecule has 7 nitrogen and oxygen atoms in total. The van der Waals surface area contributed by atoms with Gasteiger partial charge in [-0.05, 0) is 26.8 Å². The van der Waals surface area contributed by atoms with Gasteiger partial charge in [-0.3, -0.25) is 19.7 Å². The third-order valence-electron chi connectivity index (χ3n) is 2.27. The van der Waals surface area contributed by atoms with Gasteiger partial charge in [0.05, 0.1) is 11.5 Å². The Kier molecular flexibility index (Phi) is 4.79. The van der Waals surface area contributed by atoms with Crippen molar-refractivity contribution in [2.45, 2.75) is 26.3 Å². The molecule has 1 rings (SSSR count). The summed E-state index contributed by atoms with van der Waals surface area (Å²) in [4.78, 5) is 33.6. The number of hydrogen-bond donors (Lipinski definition) is 2. The second-order valence-electron chi connectivity index (χ2n) is 5.26. The zero-order valence-corrected chi connectivity index (χ0v) is 11.6.